The third-order valence-electron chi connectivity index (χ3n) is 2.82. The zero-order chi connectivity index (χ0) is 10.3. The van der Waals surface area contributed by atoms with Gasteiger partial charge in [0.15, 0.2) is 0 Å². The third kappa shape index (κ3) is 1.40. The lowest BCUT2D eigenvalue weighted by Gasteiger charge is -1.97. The van der Waals surface area contributed by atoms with Crippen LogP contribution in [0.4, 0.5) is 0 Å². The molecule has 0 unspecified atom stereocenters. The molecule has 0 bridgehead atoms. The maximum Gasteiger partial charge on any atom is 0.130 e. The Kier molecular flexibility index (Phi) is 1.78. The monoisotopic (exact) mass is 196 g/mol. The number of hydrogen-bond donors (Lipinski definition) is 0. The van der Waals surface area contributed by atoms with E-state index in [0.717, 1.165) is 17.9 Å². The molecule has 0 radical (unpaired) electrons. The van der Waals surface area contributed by atoms with Crippen LogP contribution in [0.5, 0.6) is 0 Å². The predicted octanol–water partition coefficient (Wildman–Crippen LogP) is 3.68. The van der Waals surface area contributed by atoms with Crippen LogP contribution >= 0.6 is 0 Å². The highest BCUT2D eigenvalue weighted by Gasteiger charge is 2.15. The van der Waals surface area contributed by atoms with Crippen molar-refractivity contribution in [1.29, 1.82) is 0 Å². The van der Waals surface area contributed by atoms with E-state index in [4.69, 9.17) is 4.42 Å². The first kappa shape index (κ1) is 8.54. The summed E-state index contributed by atoms with van der Waals surface area (Å²) in [5.74, 6) is 1.98. The van der Waals surface area contributed by atoms with E-state index in [1.165, 1.54) is 16.7 Å². The van der Waals surface area contributed by atoms with Gasteiger partial charge in [-0.05, 0) is 41.8 Å². The summed E-state index contributed by atoms with van der Waals surface area (Å²) in [5, 5.41) is 0. The molecule has 3 rings (SSSR count). The topological polar surface area (TPSA) is 13.1 Å². The smallest absolute Gasteiger partial charge is 0.130 e. The number of fused-ring (bicyclic) bond motifs is 1. The molecule has 0 atom stereocenters. The lowest BCUT2D eigenvalue weighted by atomic mass is 10.1. The van der Waals surface area contributed by atoms with Gasteiger partial charge in [-0.3, -0.25) is 0 Å². The van der Waals surface area contributed by atoms with E-state index in [-0.39, 0.29) is 0 Å². The molecule has 1 nitrogen and oxygen atoms in total. The zero-order valence-corrected chi connectivity index (χ0v) is 8.66. The molecule has 1 aromatic carbocycles. The lowest BCUT2D eigenvalue weighted by molar-refractivity contribution is 0.521. The van der Waals surface area contributed by atoms with Crippen LogP contribution in [0.1, 0.15) is 22.6 Å². The molecule has 0 fully saturated rings. The summed E-state index contributed by atoms with van der Waals surface area (Å²) in [6.45, 7) is 1.98. The predicted molar refractivity (Wildman–Crippen MR) is 61.5 cm³/mol. The van der Waals surface area contributed by atoms with Gasteiger partial charge in [0.05, 0.1) is 0 Å². The maximum atomic E-state index is 5.63. The number of rotatable bonds is 1. The Morgan fingerprint density at radius 3 is 2.67 bits per heavy atom. The van der Waals surface area contributed by atoms with Gasteiger partial charge in [-0.2, -0.15) is 0 Å². The normalized spacial score (nSPS) is 13.8. The number of hydrogen-bond acceptors (Lipinski definition) is 1. The van der Waals surface area contributed by atoms with Gasteiger partial charge in [-0.1, -0.05) is 24.3 Å². The largest absolute Gasteiger partial charge is 0.462 e. The van der Waals surface area contributed by atoms with Crippen LogP contribution < -0.4 is 0 Å². The summed E-state index contributed by atoms with van der Waals surface area (Å²) in [4.78, 5) is 0. The molecule has 0 saturated heterocycles. The molecule has 74 valence electrons. The standard InChI is InChI=1S/C14H12O/c1-10-6-7-14(15-10)13-8-11-4-2-3-5-12(11)9-13/h2-8H,9H2,1H3. The van der Waals surface area contributed by atoms with Crippen molar-refractivity contribution in [2.75, 3.05) is 0 Å². The molecule has 2 aromatic rings. The first-order valence-electron chi connectivity index (χ1n) is 5.18. The average Bonchev–Trinajstić information content (AvgIpc) is 2.82. The van der Waals surface area contributed by atoms with Crippen molar-refractivity contribution in [3.05, 3.63) is 59.0 Å². The van der Waals surface area contributed by atoms with Crippen LogP contribution in [0.2, 0.25) is 0 Å². The van der Waals surface area contributed by atoms with Gasteiger partial charge >= 0.3 is 0 Å². The minimum atomic E-state index is 0.974. The van der Waals surface area contributed by atoms with Crippen molar-refractivity contribution < 1.29 is 4.42 Å². The summed E-state index contributed by atoms with van der Waals surface area (Å²) in [7, 11) is 0. The molecule has 1 heterocycles. The zero-order valence-electron chi connectivity index (χ0n) is 8.66. The molecule has 1 heteroatoms. The van der Waals surface area contributed by atoms with Gasteiger partial charge < -0.3 is 4.42 Å². The fourth-order valence-corrected chi connectivity index (χ4v) is 2.05. The summed E-state index contributed by atoms with van der Waals surface area (Å²) in [6.07, 6.45) is 3.21. The molecule has 0 saturated carbocycles. The molecule has 0 spiro atoms. The Morgan fingerprint density at radius 2 is 1.93 bits per heavy atom. The highest BCUT2D eigenvalue weighted by Crippen LogP contribution is 2.31. The quantitative estimate of drug-likeness (QED) is 0.678. The number of aryl methyl sites for hydroxylation is 1. The molecule has 0 N–H and O–H groups in total. The average molecular weight is 196 g/mol. The minimum Gasteiger partial charge on any atom is -0.462 e. The number of benzene rings is 1. The second-order valence-electron chi connectivity index (χ2n) is 3.96. The fraction of sp³-hybridized carbons (Fsp3) is 0.143. The van der Waals surface area contributed by atoms with Gasteiger partial charge in [-0.25, -0.2) is 0 Å². The van der Waals surface area contributed by atoms with Crippen LogP contribution in [0.25, 0.3) is 11.6 Å². The van der Waals surface area contributed by atoms with E-state index < -0.39 is 0 Å². The Morgan fingerprint density at radius 1 is 1.07 bits per heavy atom. The lowest BCUT2D eigenvalue weighted by Crippen LogP contribution is -1.82. The van der Waals surface area contributed by atoms with Crippen molar-refractivity contribution in [2.24, 2.45) is 0 Å². The van der Waals surface area contributed by atoms with Gasteiger partial charge in [0.2, 0.25) is 0 Å². The van der Waals surface area contributed by atoms with E-state index in [9.17, 15) is 0 Å². The second-order valence-corrected chi connectivity index (χ2v) is 3.96. The van der Waals surface area contributed by atoms with Crippen LogP contribution in [-0.2, 0) is 6.42 Å². The molecule has 0 aliphatic heterocycles. The molecular weight excluding hydrogens is 184 g/mol. The number of allylic oxidation sites excluding steroid dienone is 1. The molecule has 0 amide bonds. The van der Waals surface area contributed by atoms with Crippen molar-refractivity contribution in [2.45, 2.75) is 13.3 Å². The minimum absolute atomic E-state index is 0.974. The van der Waals surface area contributed by atoms with Crippen LogP contribution in [0.15, 0.2) is 40.8 Å². The summed E-state index contributed by atoms with van der Waals surface area (Å²) in [5.41, 5.74) is 3.99. The van der Waals surface area contributed by atoms with Crippen LogP contribution in [0, 0.1) is 6.92 Å². The molecule has 15 heavy (non-hydrogen) atoms. The van der Waals surface area contributed by atoms with Gasteiger partial charge in [0.1, 0.15) is 11.5 Å². The van der Waals surface area contributed by atoms with Crippen molar-refractivity contribution in [1.82, 2.24) is 0 Å². The van der Waals surface area contributed by atoms with Gasteiger partial charge in [0, 0.05) is 6.42 Å². The van der Waals surface area contributed by atoms with Crippen LogP contribution in [0.3, 0.4) is 0 Å². The van der Waals surface area contributed by atoms with E-state index in [0.29, 0.717) is 0 Å². The number of furan rings is 1. The highest BCUT2D eigenvalue weighted by molar-refractivity contribution is 5.86. The maximum absolute atomic E-state index is 5.63. The molecule has 1 aliphatic carbocycles. The van der Waals surface area contributed by atoms with Crippen LogP contribution in [-0.4, -0.2) is 0 Å². The SMILES string of the molecule is Cc1ccc(C2=Cc3ccccc3C2)o1. The fourth-order valence-electron chi connectivity index (χ4n) is 2.05. The summed E-state index contributed by atoms with van der Waals surface area (Å²) in [6, 6.07) is 12.5. The van der Waals surface area contributed by atoms with Crippen molar-refractivity contribution in [3.8, 4) is 0 Å². The van der Waals surface area contributed by atoms with Gasteiger partial charge in [-0.15, -0.1) is 0 Å². The van der Waals surface area contributed by atoms with E-state index in [1.807, 2.05) is 19.1 Å². The Labute approximate surface area is 89.0 Å². The van der Waals surface area contributed by atoms with Crippen molar-refractivity contribution >= 4 is 11.6 Å². The Hall–Kier alpha value is -1.76. The van der Waals surface area contributed by atoms with E-state index >= 15 is 0 Å². The van der Waals surface area contributed by atoms with E-state index in [2.05, 4.69) is 30.3 Å². The summed E-state index contributed by atoms with van der Waals surface area (Å²) < 4.78 is 5.63. The molecule has 1 aliphatic rings. The first-order valence-corrected chi connectivity index (χ1v) is 5.18. The third-order valence-corrected chi connectivity index (χ3v) is 2.82. The molecule has 1 aromatic heterocycles. The van der Waals surface area contributed by atoms with Crippen molar-refractivity contribution in [3.63, 3.8) is 0 Å². The molecular formula is C14H12O. The first-order chi connectivity index (χ1) is 7.33. The summed E-state index contributed by atoms with van der Waals surface area (Å²) >= 11 is 0. The Balaban J connectivity index is 2.01. The second kappa shape index (κ2) is 3.13. The van der Waals surface area contributed by atoms with Gasteiger partial charge in [0.25, 0.3) is 0 Å². The Bertz CT molecular complexity index is 532. The van der Waals surface area contributed by atoms with E-state index in [1.54, 1.807) is 0 Å². The highest BCUT2D eigenvalue weighted by atomic mass is 16.3.